The van der Waals surface area contributed by atoms with E-state index in [2.05, 4.69) is 71.0 Å². The molecule has 3 heteroatoms. The van der Waals surface area contributed by atoms with E-state index in [4.69, 9.17) is 9.98 Å². The molecule has 2 rings (SSSR count). The van der Waals surface area contributed by atoms with Crippen LogP contribution in [-0.2, 0) is 46.1 Å². The van der Waals surface area contributed by atoms with Gasteiger partial charge >= 0.3 is 0 Å². The first-order valence-electron chi connectivity index (χ1n) is 13.5. The van der Waals surface area contributed by atoms with Gasteiger partial charge in [-0.05, 0) is 85.0 Å². The summed E-state index contributed by atoms with van der Waals surface area (Å²) in [6.07, 6.45) is 15.9. The van der Waals surface area contributed by atoms with Gasteiger partial charge in [0.05, 0.1) is 17.1 Å². The van der Waals surface area contributed by atoms with Crippen molar-refractivity contribution in [1.29, 1.82) is 0 Å². The van der Waals surface area contributed by atoms with Crippen molar-refractivity contribution in [3.63, 3.8) is 0 Å². The Morgan fingerprint density at radius 1 is 0.618 bits per heavy atom. The molecule has 0 amide bonds. The molecule has 0 bridgehead atoms. The van der Waals surface area contributed by atoms with Crippen molar-refractivity contribution in [2.75, 3.05) is 0 Å². The Kier molecular flexibility index (Phi) is 16.0. The van der Waals surface area contributed by atoms with E-state index >= 15 is 0 Å². The van der Waals surface area contributed by atoms with Crippen LogP contribution in [0.5, 0.6) is 0 Å². The Hall–Kier alpha value is -1.56. The van der Waals surface area contributed by atoms with Crippen molar-refractivity contribution in [1.82, 2.24) is 0 Å². The number of hydrogen-bond donors (Lipinski definition) is 0. The second kappa shape index (κ2) is 17.8. The molecule has 0 radical (unpaired) electrons. The molecule has 0 saturated heterocycles. The maximum atomic E-state index is 5.06. The Morgan fingerprint density at radius 3 is 1.65 bits per heavy atom. The van der Waals surface area contributed by atoms with Gasteiger partial charge in [0, 0.05) is 26.6 Å². The molecule has 0 atom stereocenters. The summed E-state index contributed by atoms with van der Waals surface area (Å²) in [6.45, 7) is 11.3. The third-order valence-electron chi connectivity index (χ3n) is 6.13. The topological polar surface area (TPSA) is 24.7 Å². The van der Waals surface area contributed by atoms with Gasteiger partial charge in [0.1, 0.15) is 0 Å². The molecule has 2 aromatic rings. The SMILES string of the molecule is CCCCCC(/C=N/c1ccc(CCC)c(CCC)c1)=N\c1ccc(CCC)c(CCC)c1.[Pd]. The number of hydrogen-bond acceptors (Lipinski definition) is 2. The van der Waals surface area contributed by atoms with Gasteiger partial charge in [-0.25, -0.2) is 0 Å². The predicted molar refractivity (Wildman–Crippen MR) is 148 cm³/mol. The first-order chi connectivity index (χ1) is 16.1. The van der Waals surface area contributed by atoms with E-state index in [1.165, 1.54) is 60.8 Å². The van der Waals surface area contributed by atoms with Gasteiger partial charge in [-0.15, -0.1) is 0 Å². The molecule has 0 N–H and O–H groups in total. The zero-order valence-electron chi connectivity index (χ0n) is 22.2. The number of aliphatic imine (C=N–C) groups is 2. The fraction of sp³-hybridized carbons (Fsp3) is 0.548. The minimum absolute atomic E-state index is 0. The molecule has 0 aliphatic heterocycles. The average molecular weight is 553 g/mol. The Morgan fingerprint density at radius 2 is 1.12 bits per heavy atom. The van der Waals surface area contributed by atoms with Crippen LogP contribution >= 0.6 is 0 Å². The van der Waals surface area contributed by atoms with E-state index in [0.29, 0.717) is 0 Å². The quantitative estimate of drug-likeness (QED) is 0.119. The van der Waals surface area contributed by atoms with E-state index < -0.39 is 0 Å². The minimum atomic E-state index is 0. The van der Waals surface area contributed by atoms with Gasteiger partial charge in [0.15, 0.2) is 0 Å². The molecular weight excluding hydrogens is 507 g/mol. The van der Waals surface area contributed by atoms with Gasteiger partial charge in [-0.3, -0.25) is 9.98 Å². The van der Waals surface area contributed by atoms with E-state index in [1.807, 2.05) is 6.21 Å². The first-order valence-corrected chi connectivity index (χ1v) is 13.5. The van der Waals surface area contributed by atoms with Crippen LogP contribution in [-0.4, -0.2) is 11.9 Å². The average Bonchev–Trinajstić information content (AvgIpc) is 2.81. The van der Waals surface area contributed by atoms with Crippen molar-refractivity contribution in [3.05, 3.63) is 58.7 Å². The summed E-state index contributed by atoms with van der Waals surface area (Å²) in [5.74, 6) is 0. The molecule has 2 aromatic carbocycles. The first kappa shape index (κ1) is 30.5. The summed E-state index contributed by atoms with van der Waals surface area (Å²) in [4.78, 5) is 9.94. The monoisotopic (exact) mass is 552 g/mol. The largest absolute Gasteiger partial charge is 0.255 e. The molecule has 0 heterocycles. The molecule has 0 aromatic heterocycles. The summed E-state index contributed by atoms with van der Waals surface area (Å²) in [5.41, 5.74) is 9.08. The van der Waals surface area contributed by atoms with Crippen molar-refractivity contribution < 1.29 is 20.4 Å². The Labute approximate surface area is 223 Å². The van der Waals surface area contributed by atoms with E-state index in [9.17, 15) is 0 Å². The van der Waals surface area contributed by atoms with E-state index in [0.717, 1.165) is 55.6 Å². The summed E-state index contributed by atoms with van der Waals surface area (Å²) in [5, 5.41) is 0. The fourth-order valence-electron chi connectivity index (χ4n) is 4.43. The Balaban J connectivity index is 0.00000578. The van der Waals surface area contributed by atoms with Gasteiger partial charge in [0.25, 0.3) is 0 Å². The zero-order valence-corrected chi connectivity index (χ0v) is 23.8. The van der Waals surface area contributed by atoms with Crippen LogP contribution in [0.4, 0.5) is 11.4 Å². The number of unbranched alkanes of at least 4 members (excludes halogenated alkanes) is 2. The van der Waals surface area contributed by atoms with Crippen LogP contribution in [0.25, 0.3) is 0 Å². The van der Waals surface area contributed by atoms with Crippen LogP contribution in [0.2, 0.25) is 0 Å². The predicted octanol–water partition coefficient (Wildman–Crippen LogP) is 9.55. The number of rotatable bonds is 15. The molecular formula is C31H46N2Pd. The van der Waals surface area contributed by atoms with Crippen molar-refractivity contribution in [2.45, 2.75) is 112 Å². The number of nitrogens with zero attached hydrogens (tertiary/aromatic N) is 2. The molecule has 0 aliphatic rings. The number of aryl methyl sites for hydroxylation is 4. The van der Waals surface area contributed by atoms with Crippen LogP contribution < -0.4 is 0 Å². The summed E-state index contributed by atoms with van der Waals surface area (Å²) < 4.78 is 0. The van der Waals surface area contributed by atoms with Crippen molar-refractivity contribution in [2.24, 2.45) is 9.98 Å². The Bertz CT molecular complexity index is 898. The van der Waals surface area contributed by atoms with Crippen LogP contribution in [0.3, 0.4) is 0 Å². The number of benzene rings is 2. The third kappa shape index (κ3) is 10.4. The molecule has 0 aliphatic carbocycles. The van der Waals surface area contributed by atoms with E-state index in [-0.39, 0.29) is 20.4 Å². The van der Waals surface area contributed by atoms with Crippen LogP contribution in [0, 0.1) is 0 Å². The second-order valence-electron chi connectivity index (χ2n) is 9.22. The van der Waals surface area contributed by atoms with Gasteiger partial charge in [0.2, 0.25) is 0 Å². The third-order valence-corrected chi connectivity index (χ3v) is 6.13. The summed E-state index contributed by atoms with van der Waals surface area (Å²) in [6, 6.07) is 13.5. The maximum absolute atomic E-state index is 5.06. The molecule has 0 spiro atoms. The molecule has 0 fully saturated rings. The van der Waals surface area contributed by atoms with Crippen LogP contribution in [0.1, 0.15) is 108 Å². The molecule has 0 unspecified atom stereocenters. The summed E-state index contributed by atoms with van der Waals surface area (Å²) >= 11 is 0. The standard InChI is InChI=1S/C31H46N2.Pd/c1-6-11-12-17-31(33-30-21-19-26(14-8-3)28(23-30)16-10-5)24-32-29-20-18-25(13-7-2)27(22-29)15-9-4;/h18-24H,6-17H2,1-5H3;/b32-24+,33-31+;. The minimum Gasteiger partial charge on any atom is -0.255 e. The van der Waals surface area contributed by atoms with Crippen LogP contribution in [0.15, 0.2) is 46.4 Å². The van der Waals surface area contributed by atoms with Gasteiger partial charge in [-0.1, -0.05) is 85.3 Å². The molecule has 190 valence electrons. The van der Waals surface area contributed by atoms with Crippen molar-refractivity contribution >= 4 is 23.3 Å². The van der Waals surface area contributed by atoms with Gasteiger partial charge in [-0.2, -0.15) is 0 Å². The van der Waals surface area contributed by atoms with Crippen molar-refractivity contribution in [3.8, 4) is 0 Å². The smallest absolute Gasteiger partial charge is 0.0636 e. The molecule has 34 heavy (non-hydrogen) atoms. The maximum Gasteiger partial charge on any atom is 0.0636 e. The molecule has 0 saturated carbocycles. The second-order valence-corrected chi connectivity index (χ2v) is 9.22. The van der Waals surface area contributed by atoms with Gasteiger partial charge < -0.3 is 0 Å². The molecule has 2 nitrogen and oxygen atoms in total. The normalized spacial score (nSPS) is 11.7. The fourth-order valence-corrected chi connectivity index (χ4v) is 4.43. The van der Waals surface area contributed by atoms with E-state index in [1.54, 1.807) is 0 Å². The zero-order chi connectivity index (χ0) is 23.9. The summed E-state index contributed by atoms with van der Waals surface area (Å²) in [7, 11) is 0.